The van der Waals surface area contributed by atoms with E-state index in [1.54, 1.807) is 11.3 Å². The van der Waals surface area contributed by atoms with Gasteiger partial charge in [-0.1, -0.05) is 6.92 Å². The molecule has 2 unspecified atom stereocenters. The molecule has 0 aliphatic heterocycles. The van der Waals surface area contributed by atoms with Crippen molar-refractivity contribution in [2.24, 2.45) is 5.92 Å². The van der Waals surface area contributed by atoms with E-state index in [1.165, 1.54) is 4.88 Å². The van der Waals surface area contributed by atoms with Crippen molar-refractivity contribution in [3.63, 3.8) is 0 Å². The third-order valence-electron chi connectivity index (χ3n) is 3.73. The third-order valence-corrected chi connectivity index (χ3v) is 4.80. The Hall–Kier alpha value is -0.940. The zero-order valence-electron chi connectivity index (χ0n) is 11.6. The molecule has 106 valence electrons. The quantitative estimate of drug-likeness (QED) is 0.866. The topological polar surface area (TPSA) is 62.2 Å². The summed E-state index contributed by atoms with van der Waals surface area (Å²) in [7, 11) is 0. The molecular formula is C14H22N2O2S. The minimum absolute atomic E-state index is 0.00556. The summed E-state index contributed by atoms with van der Waals surface area (Å²) in [5.74, 6) is -0.210. The van der Waals surface area contributed by atoms with E-state index in [1.807, 2.05) is 0 Å². The second-order valence-corrected chi connectivity index (χ2v) is 6.40. The van der Waals surface area contributed by atoms with Crippen LogP contribution in [-0.4, -0.2) is 28.6 Å². The predicted octanol–water partition coefficient (Wildman–Crippen LogP) is 1.83. The number of aryl methyl sites for hydroxylation is 2. The lowest BCUT2D eigenvalue weighted by Crippen LogP contribution is -2.35. The lowest BCUT2D eigenvalue weighted by Gasteiger charge is -2.13. The first-order chi connectivity index (χ1) is 9.11. The molecule has 5 heteroatoms. The van der Waals surface area contributed by atoms with E-state index in [0.29, 0.717) is 6.54 Å². The molecule has 1 saturated carbocycles. The summed E-state index contributed by atoms with van der Waals surface area (Å²) < 4.78 is 0. The maximum Gasteiger partial charge on any atom is 0.225 e. The van der Waals surface area contributed by atoms with E-state index in [2.05, 4.69) is 24.1 Å². The molecule has 0 radical (unpaired) electrons. The van der Waals surface area contributed by atoms with Crippen LogP contribution in [0.4, 0.5) is 0 Å². The van der Waals surface area contributed by atoms with Gasteiger partial charge in [0.2, 0.25) is 5.91 Å². The number of aliphatic hydroxyl groups is 1. The Kier molecular flexibility index (Phi) is 4.93. The molecule has 1 aromatic heterocycles. The molecule has 0 aromatic carbocycles. The first kappa shape index (κ1) is 14.5. The second kappa shape index (κ2) is 6.48. The van der Waals surface area contributed by atoms with Crippen molar-refractivity contribution < 1.29 is 9.90 Å². The maximum absolute atomic E-state index is 11.9. The lowest BCUT2D eigenvalue weighted by molar-refractivity contribution is -0.127. The van der Waals surface area contributed by atoms with Gasteiger partial charge in [0.25, 0.3) is 0 Å². The second-order valence-electron chi connectivity index (χ2n) is 5.11. The number of rotatable bonds is 5. The third kappa shape index (κ3) is 3.54. The molecule has 1 aliphatic carbocycles. The molecule has 0 bridgehead atoms. The van der Waals surface area contributed by atoms with Crippen LogP contribution in [0.5, 0.6) is 0 Å². The fourth-order valence-electron chi connectivity index (χ4n) is 2.59. The van der Waals surface area contributed by atoms with Gasteiger partial charge in [0.1, 0.15) is 0 Å². The Morgan fingerprint density at radius 3 is 2.89 bits per heavy atom. The van der Waals surface area contributed by atoms with E-state index in [9.17, 15) is 9.90 Å². The Labute approximate surface area is 118 Å². The highest BCUT2D eigenvalue weighted by molar-refractivity contribution is 7.11. The van der Waals surface area contributed by atoms with Gasteiger partial charge in [0.05, 0.1) is 22.7 Å². The number of thiazole rings is 1. The number of nitrogens with one attached hydrogen (secondary N) is 1. The molecule has 4 nitrogen and oxygen atoms in total. The van der Waals surface area contributed by atoms with Crippen LogP contribution >= 0.6 is 11.3 Å². The van der Waals surface area contributed by atoms with Crippen LogP contribution in [0.2, 0.25) is 0 Å². The number of carbonyl (C=O) groups excluding carboxylic acids is 1. The molecule has 1 aliphatic rings. The summed E-state index contributed by atoms with van der Waals surface area (Å²) in [6.45, 7) is 4.81. The minimum atomic E-state index is -0.450. The van der Waals surface area contributed by atoms with Gasteiger partial charge in [-0.15, -0.1) is 11.3 Å². The van der Waals surface area contributed by atoms with Gasteiger partial charge in [-0.2, -0.15) is 0 Å². The molecule has 2 N–H and O–H groups in total. The highest BCUT2D eigenvalue weighted by Crippen LogP contribution is 2.25. The summed E-state index contributed by atoms with van der Waals surface area (Å²) >= 11 is 1.71. The first-order valence-electron chi connectivity index (χ1n) is 7.02. The van der Waals surface area contributed by atoms with E-state index < -0.39 is 6.10 Å². The van der Waals surface area contributed by atoms with Crippen molar-refractivity contribution in [2.75, 3.05) is 6.54 Å². The van der Waals surface area contributed by atoms with Crippen LogP contribution < -0.4 is 5.32 Å². The van der Waals surface area contributed by atoms with Gasteiger partial charge < -0.3 is 10.4 Å². The molecule has 2 atom stereocenters. The van der Waals surface area contributed by atoms with E-state index in [-0.39, 0.29) is 11.8 Å². The number of hydrogen-bond donors (Lipinski definition) is 2. The van der Waals surface area contributed by atoms with Gasteiger partial charge in [-0.05, 0) is 32.6 Å². The highest BCUT2D eigenvalue weighted by Gasteiger charge is 2.31. The summed E-state index contributed by atoms with van der Waals surface area (Å²) in [4.78, 5) is 17.7. The number of amides is 1. The molecule has 1 aromatic rings. The zero-order valence-corrected chi connectivity index (χ0v) is 12.4. The van der Waals surface area contributed by atoms with Crippen molar-refractivity contribution in [3.8, 4) is 0 Å². The molecule has 1 fully saturated rings. The summed E-state index contributed by atoms with van der Waals surface area (Å²) in [6, 6.07) is 0. The van der Waals surface area contributed by atoms with Gasteiger partial charge >= 0.3 is 0 Å². The van der Waals surface area contributed by atoms with Gasteiger partial charge in [-0.25, -0.2) is 4.98 Å². The van der Waals surface area contributed by atoms with Crippen LogP contribution in [0.15, 0.2) is 0 Å². The van der Waals surface area contributed by atoms with Gasteiger partial charge in [0, 0.05) is 17.8 Å². The van der Waals surface area contributed by atoms with Crippen molar-refractivity contribution >= 4 is 17.2 Å². The summed E-state index contributed by atoms with van der Waals surface area (Å²) in [5, 5.41) is 13.7. The minimum Gasteiger partial charge on any atom is -0.392 e. The zero-order chi connectivity index (χ0) is 13.8. The molecule has 2 rings (SSSR count). The maximum atomic E-state index is 11.9. The Balaban J connectivity index is 1.78. The van der Waals surface area contributed by atoms with E-state index in [0.717, 1.165) is 42.8 Å². The van der Waals surface area contributed by atoms with Crippen molar-refractivity contribution in [1.82, 2.24) is 10.3 Å². The van der Waals surface area contributed by atoms with Crippen LogP contribution in [0, 0.1) is 12.8 Å². The van der Waals surface area contributed by atoms with E-state index >= 15 is 0 Å². The fourth-order valence-corrected chi connectivity index (χ4v) is 3.61. The number of hydrogen-bond acceptors (Lipinski definition) is 4. The monoisotopic (exact) mass is 282 g/mol. The van der Waals surface area contributed by atoms with Crippen LogP contribution in [0.1, 0.15) is 41.8 Å². The van der Waals surface area contributed by atoms with E-state index in [4.69, 9.17) is 0 Å². The van der Waals surface area contributed by atoms with Gasteiger partial charge in [0.15, 0.2) is 0 Å². The largest absolute Gasteiger partial charge is 0.392 e. The summed E-state index contributed by atoms with van der Waals surface area (Å²) in [5.41, 5.74) is 1.16. The normalized spacial score (nSPS) is 22.7. The number of aromatic nitrogens is 1. The number of aliphatic hydroxyl groups excluding tert-OH is 1. The molecule has 19 heavy (non-hydrogen) atoms. The van der Waals surface area contributed by atoms with Crippen LogP contribution in [-0.2, 0) is 17.6 Å². The Morgan fingerprint density at radius 2 is 2.32 bits per heavy atom. The van der Waals surface area contributed by atoms with Crippen molar-refractivity contribution in [3.05, 3.63) is 15.6 Å². The molecular weight excluding hydrogens is 260 g/mol. The molecule has 1 heterocycles. The number of carbonyl (C=O) groups is 1. The highest BCUT2D eigenvalue weighted by atomic mass is 32.1. The molecule has 1 amide bonds. The average molecular weight is 282 g/mol. The predicted molar refractivity (Wildman–Crippen MR) is 76.3 cm³/mol. The Morgan fingerprint density at radius 1 is 1.53 bits per heavy atom. The van der Waals surface area contributed by atoms with Crippen LogP contribution in [0.3, 0.4) is 0 Å². The first-order valence-corrected chi connectivity index (χ1v) is 7.84. The molecule has 0 spiro atoms. The Bertz CT molecular complexity index is 445. The van der Waals surface area contributed by atoms with Crippen LogP contribution in [0.25, 0.3) is 0 Å². The smallest absolute Gasteiger partial charge is 0.225 e. The number of nitrogens with zero attached hydrogens (tertiary/aromatic N) is 1. The molecule has 0 saturated heterocycles. The van der Waals surface area contributed by atoms with Gasteiger partial charge in [-0.3, -0.25) is 4.79 Å². The summed E-state index contributed by atoms with van der Waals surface area (Å²) in [6.07, 6.45) is 3.80. The van der Waals surface area contributed by atoms with Crippen molar-refractivity contribution in [1.29, 1.82) is 0 Å². The lowest BCUT2D eigenvalue weighted by atomic mass is 10.1. The SMILES string of the molecule is CCc1nc(CCNC(=O)C2CCCC2O)sc1C. The van der Waals surface area contributed by atoms with Crippen molar-refractivity contribution in [2.45, 2.75) is 52.1 Å². The average Bonchev–Trinajstić information content (AvgIpc) is 2.95. The fraction of sp³-hybridized carbons (Fsp3) is 0.714. The standard InChI is InChI=1S/C14H22N2O2S/c1-3-11-9(2)19-13(16-11)7-8-15-14(18)10-5-4-6-12(10)17/h10,12,17H,3-8H2,1-2H3,(H,15,18).